The first kappa shape index (κ1) is 10.9. The first-order chi connectivity index (χ1) is 6.99. The molecule has 0 aromatic heterocycles. The van der Waals surface area contributed by atoms with Crippen LogP contribution >= 0.6 is 0 Å². The van der Waals surface area contributed by atoms with Gasteiger partial charge in [0.05, 0.1) is 11.5 Å². The van der Waals surface area contributed by atoms with E-state index >= 15 is 0 Å². The minimum atomic E-state index is -0.663. The van der Waals surface area contributed by atoms with Gasteiger partial charge in [0.25, 0.3) is 0 Å². The lowest BCUT2D eigenvalue weighted by molar-refractivity contribution is -0.150. The third kappa shape index (κ3) is 2.16. The maximum atomic E-state index is 10.9. The van der Waals surface area contributed by atoms with E-state index < -0.39 is 11.6 Å². The fraction of sp³-hybridized carbons (Fsp3) is 0.909. The molecule has 0 amide bonds. The van der Waals surface area contributed by atoms with Crippen LogP contribution in [0.5, 0.6) is 0 Å². The van der Waals surface area contributed by atoms with E-state index in [1.54, 1.807) is 0 Å². The van der Waals surface area contributed by atoms with Crippen LogP contribution in [0.15, 0.2) is 0 Å². The summed E-state index contributed by atoms with van der Waals surface area (Å²) in [5, 5.41) is 18.8. The zero-order chi connectivity index (χ0) is 11.1. The Balaban J connectivity index is 1.89. The van der Waals surface area contributed by atoms with Crippen LogP contribution in [-0.4, -0.2) is 45.8 Å². The van der Waals surface area contributed by atoms with Crippen molar-refractivity contribution in [1.82, 2.24) is 4.90 Å². The molecular weight excluding hydrogens is 194 g/mol. The van der Waals surface area contributed by atoms with Crippen molar-refractivity contribution >= 4 is 5.97 Å². The molecular formula is C11H19NO3. The third-order valence-electron chi connectivity index (χ3n) is 3.90. The maximum absolute atomic E-state index is 10.9. The van der Waals surface area contributed by atoms with Crippen molar-refractivity contribution in [1.29, 1.82) is 0 Å². The smallest absolute Gasteiger partial charge is 0.308 e. The molecule has 0 aromatic rings. The number of hydrogen-bond acceptors (Lipinski definition) is 3. The molecule has 4 nitrogen and oxygen atoms in total. The van der Waals surface area contributed by atoms with Gasteiger partial charge in [0.2, 0.25) is 0 Å². The van der Waals surface area contributed by atoms with E-state index in [0.717, 1.165) is 38.8 Å². The van der Waals surface area contributed by atoms with E-state index in [4.69, 9.17) is 5.11 Å². The van der Waals surface area contributed by atoms with Crippen LogP contribution in [0.4, 0.5) is 0 Å². The van der Waals surface area contributed by atoms with Gasteiger partial charge in [-0.3, -0.25) is 9.69 Å². The Morgan fingerprint density at radius 1 is 1.33 bits per heavy atom. The van der Waals surface area contributed by atoms with E-state index in [1.165, 1.54) is 0 Å². The predicted molar refractivity (Wildman–Crippen MR) is 55.6 cm³/mol. The second-order valence-corrected chi connectivity index (χ2v) is 5.12. The summed E-state index contributed by atoms with van der Waals surface area (Å²) in [5.74, 6) is -0.836. The average molecular weight is 213 g/mol. The van der Waals surface area contributed by atoms with Gasteiger partial charge in [0.1, 0.15) is 0 Å². The second kappa shape index (κ2) is 3.76. The number of carboxylic acids is 1. The standard InChI is InChI=1S/C11H19NO3/c1-11(15)4-6-12(7-5-11)9-3-2-8(9)10(13)14/h8-9,15H,2-7H2,1H3,(H,13,14). The molecule has 2 unspecified atom stereocenters. The summed E-state index contributed by atoms with van der Waals surface area (Å²) in [6, 6.07) is 0.221. The summed E-state index contributed by atoms with van der Waals surface area (Å²) in [5.41, 5.74) is -0.543. The number of hydrogen-bond donors (Lipinski definition) is 2. The van der Waals surface area contributed by atoms with Crippen molar-refractivity contribution in [3.63, 3.8) is 0 Å². The number of piperidine rings is 1. The molecule has 1 saturated heterocycles. The fourth-order valence-corrected chi connectivity index (χ4v) is 2.54. The lowest BCUT2D eigenvalue weighted by Gasteiger charge is -2.46. The molecule has 1 saturated carbocycles. The second-order valence-electron chi connectivity index (χ2n) is 5.12. The van der Waals surface area contributed by atoms with Crippen LogP contribution in [0.25, 0.3) is 0 Å². The van der Waals surface area contributed by atoms with Gasteiger partial charge in [0, 0.05) is 19.1 Å². The van der Waals surface area contributed by atoms with Crippen molar-refractivity contribution < 1.29 is 15.0 Å². The van der Waals surface area contributed by atoms with E-state index in [1.807, 2.05) is 6.92 Å². The van der Waals surface area contributed by atoms with Crippen molar-refractivity contribution in [3.05, 3.63) is 0 Å². The van der Waals surface area contributed by atoms with E-state index in [9.17, 15) is 9.90 Å². The molecule has 1 aliphatic heterocycles. The molecule has 0 radical (unpaired) electrons. The Bertz CT molecular complexity index is 255. The van der Waals surface area contributed by atoms with Gasteiger partial charge in [-0.1, -0.05) is 0 Å². The average Bonchev–Trinajstić information content (AvgIpc) is 2.05. The maximum Gasteiger partial charge on any atom is 0.308 e. The zero-order valence-corrected chi connectivity index (χ0v) is 9.15. The molecule has 2 rings (SSSR count). The molecule has 1 heterocycles. The van der Waals surface area contributed by atoms with Gasteiger partial charge in [-0.15, -0.1) is 0 Å². The summed E-state index contributed by atoms with van der Waals surface area (Å²) in [6.45, 7) is 3.53. The molecule has 2 atom stereocenters. The van der Waals surface area contributed by atoms with Crippen molar-refractivity contribution in [2.45, 2.75) is 44.2 Å². The molecule has 2 N–H and O–H groups in total. The summed E-state index contributed by atoms with van der Waals surface area (Å²) < 4.78 is 0. The highest BCUT2D eigenvalue weighted by Gasteiger charge is 2.42. The molecule has 4 heteroatoms. The number of carbonyl (C=O) groups is 1. The van der Waals surface area contributed by atoms with Crippen molar-refractivity contribution in [2.75, 3.05) is 13.1 Å². The summed E-state index contributed by atoms with van der Waals surface area (Å²) >= 11 is 0. The van der Waals surface area contributed by atoms with Crippen molar-refractivity contribution in [3.8, 4) is 0 Å². The van der Waals surface area contributed by atoms with Gasteiger partial charge < -0.3 is 10.2 Å². The highest BCUT2D eigenvalue weighted by atomic mass is 16.4. The predicted octanol–water partition coefficient (Wildman–Crippen LogP) is 0.696. The number of likely N-dealkylation sites (tertiary alicyclic amines) is 1. The van der Waals surface area contributed by atoms with Crippen molar-refractivity contribution in [2.24, 2.45) is 5.92 Å². The number of nitrogens with zero attached hydrogens (tertiary/aromatic N) is 1. The van der Waals surface area contributed by atoms with Crippen LogP contribution in [0, 0.1) is 5.92 Å². The summed E-state index contributed by atoms with van der Waals surface area (Å²) in [6.07, 6.45) is 3.33. The van der Waals surface area contributed by atoms with E-state index in [2.05, 4.69) is 4.90 Å². The Morgan fingerprint density at radius 2 is 1.93 bits per heavy atom. The molecule has 15 heavy (non-hydrogen) atoms. The van der Waals surface area contributed by atoms with Crippen LogP contribution in [-0.2, 0) is 4.79 Å². The largest absolute Gasteiger partial charge is 0.481 e. The minimum absolute atomic E-state index is 0.173. The lowest BCUT2D eigenvalue weighted by atomic mass is 9.77. The Morgan fingerprint density at radius 3 is 2.33 bits per heavy atom. The highest BCUT2D eigenvalue weighted by molar-refractivity contribution is 5.72. The molecule has 2 fully saturated rings. The van der Waals surface area contributed by atoms with Crippen LogP contribution < -0.4 is 0 Å². The molecule has 0 bridgehead atoms. The number of aliphatic hydroxyl groups is 1. The number of carboxylic acid groups (broad SMARTS) is 1. The van der Waals surface area contributed by atoms with E-state index in [0.29, 0.717) is 0 Å². The quantitative estimate of drug-likeness (QED) is 0.708. The van der Waals surface area contributed by atoms with E-state index in [-0.39, 0.29) is 12.0 Å². The van der Waals surface area contributed by atoms with Gasteiger partial charge in [0.15, 0.2) is 0 Å². The number of aliphatic carboxylic acids is 1. The SMILES string of the molecule is CC1(O)CCN(C2CCC2C(=O)O)CC1. The molecule has 0 aromatic carbocycles. The van der Waals surface area contributed by atoms with Crippen LogP contribution in [0.1, 0.15) is 32.6 Å². The first-order valence-electron chi connectivity index (χ1n) is 5.69. The van der Waals surface area contributed by atoms with Crippen LogP contribution in [0.3, 0.4) is 0 Å². The Hall–Kier alpha value is -0.610. The van der Waals surface area contributed by atoms with Gasteiger partial charge in [-0.2, -0.15) is 0 Å². The minimum Gasteiger partial charge on any atom is -0.481 e. The fourth-order valence-electron chi connectivity index (χ4n) is 2.54. The Kier molecular flexibility index (Phi) is 2.73. The summed E-state index contributed by atoms with van der Waals surface area (Å²) in [4.78, 5) is 13.1. The summed E-state index contributed by atoms with van der Waals surface area (Å²) in [7, 11) is 0. The molecule has 1 aliphatic carbocycles. The van der Waals surface area contributed by atoms with Gasteiger partial charge in [-0.25, -0.2) is 0 Å². The van der Waals surface area contributed by atoms with Gasteiger partial charge in [-0.05, 0) is 32.6 Å². The van der Waals surface area contributed by atoms with Gasteiger partial charge >= 0.3 is 5.97 Å². The monoisotopic (exact) mass is 213 g/mol. The molecule has 2 aliphatic rings. The molecule has 86 valence electrons. The normalized spacial score (nSPS) is 35.9. The first-order valence-corrected chi connectivity index (χ1v) is 5.69. The zero-order valence-electron chi connectivity index (χ0n) is 9.15. The Labute approximate surface area is 89.9 Å². The number of rotatable bonds is 2. The van der Waals surface area contributed by atoms with Crippen LogP contribution in [0.2, 0.25) is 0 Å². The lowest BCUT2D eigenvalue weighted by Crippen LogP contribution is -2.54. The molecule has 0 spiro atoms. The topological polar surface area (TPSA) is 60.8 Å². The highest BCUT2D eigenvalue weighted by Crippen LogP contribution is 2.35. The third-order valence-corrected chi connectivity index (χ3v) is 3.90.